The lowest BCUT2D eigenvalue weighted by molar-refractivity contribution is -0.123. The summed E-state index contributed by atoms with van der Waals surface area (Å²) >= 11 is 0. The first kappa shape index (κ1) is 31.4. The van der Waals surface area contributed by atoms with E-state index in [1.54, 1.807) is 62.9 Å². The summed E-state index contributed by atoms with van der Waals surface area (Å²) in [6, 6.07) is 5.24. The van der Waals surface area contributed by atoms with Gasteiger partial charge < -0.3 is 21.3 Å². The highest BCUT2D eigenvalue weighted by atomic mass is 16.2. The minimum absolute atomic E-state index is 0.183. The smallest absolute Gasteiger partial charge is 0.252 e. The van der Waals surface area contributed by atoms with Crippen LogP contribution in [0.1, 0.15) is 92.4 Å². The third-order valence-corrected chi connectivity index (χ3v) is 6.32. The van der Waals surface area contributed by atoms with Gasteiger partial charge in [0.15, 0.2) is 0 Å². The van der Waals surface area contributed by atoms with Crippen LogP contribution in [0.25, 0.3) is 0 Å². The number of carbonyl (C=O) groups excluding carboxylic acids is 4. The van der Waals surface area contributed by atoms with E-state index in [1.165, 1.54) is 6.42 Å². The number of pyridine rings is 2. The molecule has 0 bridgehead atoms. The van der Waals surface area contributed by atoms with Crippen molar-refractivity contribution in [3.63, 3.8) is 0 Å². The molecular formula is C29H42N6O4. The Balaban J connectivity index is 1.38. The summed E-state index contributed by atoms with van der Waals surface area (Å²) in [5.41, 5.74) is 0.955. The highest BCUT2D eigenvalue weighted by Gasteiger charge is 2.17. The molecule has 0 radical (unpaired) electrons. The summed E-state index contributed by atoms with van der Waals surface area (Å²) in [6.45, 7) is 4.56. The number of amides is 4. The van der Waals surface area contributed by atoms with Crippen LogP contribution < -0.4 is 21.3 Å². The maximum Gasteiger partial charge on any atom is 0.252 e. The lowest BCUT2D eigenvalue weighted by atomic mass is 10.1. The van der Waals surface area contributed by atoms with Crippen molar-refractivity contribution in [3.05, 3.63) is 60.2 Å². The number of nitrogens with zero attached hydrogens (tertiary/aromatic N) is 2. The van der Waals surface area contributed by atoms with Gasteiger partial charge in [-0.05, 0) is 51.0 Å². The molecule has 4 N–H and O–H groups in total. The molecule has 2 atom stereocenters. The topological polar surface area (TPSA) is 142 Å². The molecule has 4 amide bonds. The Morgan fingerprint density at radius 2 is 0.872 bits per heavy atom. The third-order valence-electron chi connectivity index (χ3n) is 6.32. The van der Waals surface area contributed by atoms with E-state index in [0.717, 1.165) is 51.4 Å². The Kier molecular flexibility index (Phi) is 14.8. The monoisotopic (exact) mass is 538 g/mol. The lowest BCUT2D eigenvalue weighted by Gasteiger charge is -2.14. The quantitative estimate of drug-likeness (QED) is 0.215. The Labute approximate surface area is 231 Å². The number of carbonyl (C=O) groups is 4. The summed E-state index contributed by atoms with van der Waals surface area (Å²) in [5, 5.41) is 11.2. The van der Waals surface area contributed by atoms with Gasteiger partial charge in [0.05, 0.1) is 0 Å². The Morgan fingerprint density at radius 3 is 1.21 bits per heavy atom. The van der Waals surface area contributed by atoms with E-state index < -0.39 is 12.1 Å². The second-order valence-corrected chi connectivity index (χ2v) is 9.63. The van der Waals surface area contributed by atoms with E-state index in [2.05, 4.69) is 31.2 Å². The van der Waals surface area contributed by atoms with Crippen LogP contribution in [0, 0.1) is 0 Å². The van der Waals surface area contributed by atoms with Gasteiger partial charge in [-0.25, -0.2) is 0 Å². The molecular weight excluding hydrogens is 496 g/mol. The molecule has 212 valence electrons. The molecule has 2 aromatic rings. The highest BCUT2D eigenvalue weighted by Crippen LogP contribution is 2.09. The second kappa shape index (κ2) is 18.4. The molecule has 0 aliphatic carbocycles. The molecule has 0 saturated heterocycles. The number of rotatable bonds is 18. The summed E-state index contributed by atoms with van der Waals surface area (Å²) in [5.74, 6) is -0.945. The van der Waals surface area contributed by atoms with Crippen LogP contribution in [0.4, 0.5) is 0 Å². The summed E-state index contributed by atoms with van der Waals surface area (Å²) in [4.78, 5) is 56.3. The summed E-state index contributed by atoms with van der Waals surface area (Å²) < 4.78 is 0. The Hall–Kier alpha value is -3.82. The molecule has 0 aromatic carbocycles. The average molecular weight is 539 g/mol. The zero-order chi connectivity index (χ0) is 28.3. The van der Waals surface area contributed by atoms with Crippen molar-refractivity contribution in [2.75, 3.05) is 13.1 Å². The van der Waals surface area contributed by atoms with Crippen molar-refractivity contribution in [2.45, 2.75) is 83.7 Å². The molecule has 10 heteroatoms. The highest BCUT2D eigenvalue weighted by molar-refractivity contribution is 5.97. The van der Waals surface area contributed by atoms with Crippen molar-refractivity contribution in [1.82, 2.24) is 31.2 Å². The zero-order valence-electron chi connectivity index (χ0n) is 23.1. The van der Waals surface area contributed by atoms with Gasteiger partial charge in [0.2, 0.25) is 11.8 Å². The predicted octanol–water partition coefficient (Wildman–Crippen LogP) is 3.16. The largest absolute Gasteiger partial charge is 0.354 e. The SMILES string of the molecule is C[C@H](NC(=O)c1ccncc1)C(=O)NCCCCCCCCCCCNC(=O)[C@H](C)NC(=O)c1ccncc1. The molecule has 2 aromatic heterocycles. The molecule has 10 nitrogen and oxygen atoms in total. The van der Waals surface area contributed by atoms with Gasteiger partial charge in [-0.1, -0.05) is 44.9 Å². The fourth-order valence-electron chi connectivity index (χ4n) is 3.91. The first-order valence-corrected chi connectivity index (χ1v) is 13.9. The van der Waals surface area contributed by atoms with Gasteiger partial charge in [-0.2, -0.15) is 0 Å². The summed E-state index contributed by atoms with van der Waals surface area (Å²) in [6.07, 6.45) is 15.9. The van der Waals surface area contributed by atoms with Gasteiger partial charge in [-0.15, -0.1) is 0 Å². The maximum atomic E-state index is 12.2. The van der Waals surface area contributed by atoms with Crippen LogP contribution in [-0.2, 0) is 9.59 Å². The molecule has 0 saturated carbocycles. The standard InChI is InChI=1S/C29H42N6O4/c1-22(34-28(38)24-12-18-30-19-13-24)26(36)32-16-10-8-6-4-3-5-7-9-11-17-33-27(37)23(2)35-29(39)25-14-20-31-21-15-25/h12-15,18-23H,3-11,16-17H2,1-2H3,(H,32,36)(H,33,37)(H,34,38)(H,35,39)/t22-,23-/m0/s1. The van der Waals surface area contributed by atoms with Gasteiger partial charge in [-0.3, -0.25) is 29.1 Å². The lowest BCUT2D eigenvalue weighted by Crippen LogP contribution is -2.45. The minimum atomic E-state index is -0.596. The molecule has 0 unspecified atom stereocenters. The van der Waals surface area contributed by atoms with Crippen LogP contribution in [0.2, 0.25) is 0 Å². The number of hydrogen-bond acceptors (Lipinski definition) is 6. The average Bonchev–Trinajstić information content (AvgIpc) is 2.95. The second-order valence-electron chi connectivity index (χ2n) is 9.63. The number of unbranched alkanes of at least 4 members (excludes halogenated alkanes) is 8. The number of aromatic nitrogens is 2. The third kappa shape index (κ3) is 13.0. The molecule has 2 rings (SSSR count). The van der Waals surface area contributed by atoms with Crippen LogP contribution in [-0.4, -0.2) is 58.8 Å². The van der Waals surface area contributed by atoms with Crippen LogP contribution in [0.5, 0.6) is 0 Å². The van der Waals surface area contributed by atoms with Gasteiger partial charge >= 0.3 is 0 Å². The fraction of sp³-hybridized carbons (Fsp3) is 0.517. The fourth-order valence-corrected chi connectivity index (χ4v) is 3.91. The van der Waals surface area contributed by atoms with Crippen LogP contribution in [0.3, 0.4) is 0 Å². The van der Waals surface area contributed by atoms with Crippen LogP contribution >= 0.6 is 0 Å². The van der Waals surface area contributed by atoms with Gasteiger partial charge in [0.25, 0.3) is 11.8 Å². The van der Waals surface area contributed by atoms with E-state index in [9.17, 15) is 19.2 Å². The van der Waals surface area contributed by atoms with E-state index in [0.29, 0.717) is 24.2 Å². The van der Waals surface area contributed by atoms with Crippen molar-refractivity contribution in [3.8, 4) is 0 Å². The molecule has 0 aliphatic rings. The first-order chi connectivity index (χ1) is 18.9. The van der Waals surface area contributed by atoms with Crippen LogP contribution in [0.15, 0.2) is 49.1 Å². The van der Waals surface area contributed by atoms with Crippen molar-refractivity contribution in [2.24, 2.45) is 0 Å². The number of hydrogen-bond donors (Lipinski definition) is 4. The van der Waals surface area contributed by atoms with Gasteiger partial charge in [0.1, 0.15) is 12.1 Å². The number of nitrogens with one attached hydrogen (secondary N) is 4. The van der Waals surface area contributed by atoms with E-state index >= 15 is 0 Å². The van der Waals surface area contributed by atoms with Crippen molar-refractivity contribution < 1.29 is 19.2 Å². The predicted molar refractivity (Wildman–Crippen MR) is 150 cm³/mol. The molecule has 2 heterocycles. The van der Waals surface area contributed by atoms with E-state index in [1.807, 2.05) is 0 Å². The normalized spacial score (nSPS) is 12.2. The maximum absolute atomic E-state index is 12.2. The minimum Gasteiger partial charge on any atom is -0.354 e. The first-order valence-electron chi connectivity index (χ1n) is 13.9. The van der Waals surface area contributed by atoms with Gasteiger partial charge in [0, 0.05) is 49.0 Å². The van der Waals surface area contributed by atoms with Crippen molar-refractivity contribution >= 4 is 23.6 Å². The molecule has 0 fully saturated rings. The Morgan fingerprint density at radius 1 is 0.564 bits per heavy atom. The van der Waals surface area contributed by atoms with E-state index in [-0.39, 0.29) is 23.6 Å². The van der Waals surface area contributed by atoms with Crippen molar-refractivity contribution in [1.29, 1.82) is 0 Å². The molecule has 0 spiro atoms. The summed E-state index contributed by atoms with van der Waals surface area (Å²) in [7, 11) is 0. The Bertz CT molecular complexity index is 937. The van der Waals surface area contributed by atoms with E-state index in [4.69, 9.17) is 0 Å². The molecule has 39 heavy (non-hydrogen) atoms. The zero-order valence-corrected chi connectivity index (χ0v) is 23.1. The molecule has 0 aliphatic heterocycles.